The van der Waals surface area contributed by atoms with Crippen molar-refractivity contribution in [1.29, 1.82) is 0 Å². The van der Waals surface area contributed by atoms with Crippen molar-refractivity contribution < 1.29 is 28.6 Å². The van der Waals surface area contributed by atoms with Crippen LogP contribution in [0.3, 0.4) is 0 Å². The summed E-state index contributed by atoms with van der Waals surface area (Å²) >= 11 is 0. The highest BCUT2D eigenvalue weighted by Gasteiger charge is 2.19. The zero-order valence-corrected chi connectivity index (χ0v) is 40.6. The van der Waals surface area contributed by atoms with Crippen molar-refractivity contribution in [1.82, 2.24) is 0 Å². The molecule has 0 spiro atoms. The number of esters is 3. The molecular weight excluding hydrogens is 769 g/mol. The van der Waals surface area contributed by atoms with Crippen LogP contribution in [0.2, 0.25) is 0 Å². The van der Waals surface area contributed by atoms with Crippen LogP contribution in [-0.2, 0) is 28.6 Å². The normalized spacial score (nSPS) is 12.6. The Morgan fingerprint density at radius 1 is 0.339 bits per heavy atom. The second kappa shape index (κ2) is 50.5. The fraction of sp³-hybridized carbons (Fsp3) is 0.732. The Kier molecular flexibility index (Phi) is 47.9. The predicted molar refractivity (Wildman–Crippen MR) is 265 cm³/mol. The number of hydrogen-bond acceptors (Lipinski definition) is 6. The number of carbonyl (C=O) groups excluding carboxylic acids is 3. The molecule has 6 heteroatoms. The maximum Gasteiger partial charge on any atom is 0.306 e. The monoisotopic (exact) mass is 865 g/mol. The van der Waals surface area contributed by atoms with Gasteiger partial charge in [-0.1, -0.05) is 229 Å². The number of rotatable bonds is 46. The average molecular weight is 865 g/mol. The summed E-state index contributed by atoms with van der Waals surface area (Å²) in [4.78, 5) is 37.3. The molecule has 0 aromatic heterocycles. The number of unbranched alkanes of at least 4 members (excludes halogenated alkanes) is 23. The first-order chi connectivity index (χ1) is 30.5. The van der Waals surface area contributed by atoms with Crippen LogP contribution in [0.1, 0.15) is 245 Å². The van der Waals surface area contributed by atoms with Gasteiger partial charge in [-0.2, -0.15) is 0 Å². The lowest BCUT2D eigenvalue weighted by Gasteiger charge is -2.18. The Bertz CT molecular complexity index is 1180. The molecule has 0 aliphatic carbocycles. The molecule has 0 aliphatic heterocycles. The van der Waals surface area contributed by atoms with Gasteiger partial charge in [-0.25, -0.2) is 0 Å². The molecule has 0 fully saturated rings. The third-order valence-corrected chi connectivity index (χ3v) is 11.0. The zero-order valence-electron chi connectivity index (χ0n) is 40.6. The molecule has 0 aliphatic rings. The SMILES string of the molecule is CC/C=C\C/C=C\C/C=C\C/C=C\C/C=C\C/C=C\CCCCCCCCCCCCCCCCC(=O)OCC(COC(=O)CCCCCCC)OC(=O)CCCCCCCC. The van der Waals surface area contributed by atoms with Crippen LogP contribution in [0.25, 0.3) is 0 Å². The second-order valence-electron chi connectivity index (χ2n) is 17.1. The quantitative estimate of drug-likeness (QED) is 0.0262. The van der Waals surface area contributed by atoms with E-state index < -0.39 is 6.10 Å². The summed E-state index contributed by atoms with van der Waals surface area (Å²) < 4.78 is 16.5. The lowest BCUT2D eigenvalue weighted by Crippen LogP contribution is -2.30. The number of hydrogen-bond donors (Lipinski definition) is 0. The van der Waals surface area contributed by atoms with Crippen LogP contribution in [0.4, 0.5) is 0 Å². The van der Waals surface area contributed by atoms with Crippen LogP contribution >= 0.6 is 0 Å². The van der Waals surface area contributed by atoms with Crippen LogP contribution < -0.4 is 0 Å². The average Bonchev–Trinajstić information content (AvgIpc) is 3.27. The van der Waals surface area contributed by atoms with Gasteiger partial charge in [0.05, 0.1) is 0 Å². The largest absolute Gasteiger partial charge is 0.462 e. The molecule has 6 nitrogen and oxygen atoms in total. The molecule has 0 saturated heterocycles. The van der Waals surface area contributed by atoms with Crippen LogP contribution in [0, 0.1) is 0 Å². The van der Waals surface area contributed by atoms with Gasteiger partial charge in [0.15, 0.2) is 6.10 Å². The molecule has 0 saturated carbocycles. The Balaban J connectivity index is 3.83. The van der Waals surface area contributed by atoms with E-state index in [1.54, 1.807) is 0 Å². The number of ether oxygens (including phenoxy) is 3. The Hall–Kier alpha value is -3.15. The van der Waals surface area contributed by atoms with E-state index in [9.17, 15) is 14.4 Å². The van der Waals surface area contributed by atoms with Gasteiger partial charge in [-0.05, 0) is 70.6 Å². The first kappa shape index (κ1) is 58.9. The van der Waals surface area contributed by atoms with Gasteiger partial charge in [0, 0.05) is 19.3 Å². The van der Waals surface area contributed by atoms with E-state index in [2.05, 4.69) is 93.7 Å². The van der Waals surface area contributed by atoms with Crippen molar-refractivity contribution >= 4 is 17.9 Å². The van der Waals surface area contributed by atoms with Gasteiger partial charge in [0.2, 0.25) is 0 Å². The summed E-state index contributed by atoms with van der Waals surface area (Å²) in [6, 6.07) is 0. The first-order valence-corrected chi connectivity index (χ1v) is 25.9. The Morgan fingerprint density at radius 2 is 0.629 bits per heavy atom. The van der Waals surface area contributed by atoms with Gasteiger partial charge in [-0.15, -0.1) is 0 Å². The number of carbonyl (C=O) groups is 3. The van der Waals surface area contributed by atoms with Crippen molar-refractivity contribution in [2.45, 2.75) is 252 Å². The topological polar surface area (TPSA) is 78.9 Å². The van der Waals surface area contributed by atoms with Gasteiger partial charge in [-0.3, -0.25) is 14.4 Å². The minimum absolute atomic E-state index is 0.0735. The summed E-state index contributed by atoms with van der Waals surface area (Å²) in [5, 5.41) is 0. The van der Waals surface area contributed by atoms with E-state index in [0.717, 1.165) is 103 Å². The van der Waals surface area contributed by atoms with Crippen LogP contribution in [-0.4, -0.2) is 37.2 Å². The molecule has 1 unspecified atom stereocenters. The molecule has 0 radical (unpaired) electrons. The van der Waals surface area contributed by atoms with E-state index >= 15 is 0 Å². The highest BCUT2D eigenvalue weighted by molar-refractivity contribution is 5.71. The molecule has 0 rings (SSSR count). The van der Waals surface area contributed by atoms with Crippen molar-refractivity contribution in [2.24, 2.45) is 0 Å². The van der Waals surface area contributed by atoms with E-state index in [1.807, 2.05) is 0 Å². The fourth-order valence-corrected chi connectivity index (χ4v) is 7.09. The molecule has 0 aromatic rings. The molecule has 0 bridgehead atoms. The summed E-state index contributed by atoms with van der Waals surface area (Å²) in [7, 11) is 0. The second-order valence-corrected chi connectivity index (χ2v) is 17.1. The first-order valence-electron chi connectivity index (χ1n) is 25.9. The molecule has 0 amide bonds. The molecular formula is C56H96O6. The van der Waals surface area contributed by atoms with Gasteiger partial charge >= 0.3 is 17.9 Å². The Morgan fingerprint density at radius 3 is 0.984 bits per heavy atom. The van der Waals surface area contributed by atoms with Gasteiger partial charge in [0.25, 0.3) is 0 Å². The fourth-order valence-electron chi connectivity index (χ4n) is 7.09. The molecule has 0 heterocycles. The summed E-state index contributed by atoms with van der Waals surface area (Å²) in [5.41, 5.74) is 0. The maximum atomic E-state index is 12.5. The van der Waals surface area contributed by atoms with Crippen molar-refractivity contribution in [3.8, 4) is 0 Å². The molecule has 0 aromatic carbocycles. The van der Waals surface area contributed by atoms with E-state index in [-0.39, 0.29) is 31.1 Å². The highest BCUT2D eigenvalue weighted by Crippen LogP contribution is 2.15. The zero-order chi connectivity index (χ0) is 45.1. The minimum atomic E-state index is -0.764. The lowest BCUT2D eigenvalue weighted by molar-refractivity contribution is -0.167. The summed E-state index contributed by atoms with van der Waals surface area (Å²) in [6.45, 7) is 6.37. The van der Waals surface area contributed by atoms with Crippen molar-refractivity contribution in [3.63, 3.8) is 0 Å². The van der Waals surface area contributed by atoms with E-state index in [0.29, 0.717) is 19.3 Å². The van der Waals surface area contributed by atoms with Gasteiger partial charge in [0.1, 0.15) is 13.2 Å². The van der Waals surface area contributed by atoms with Crippen molar-refractivity contribution in [3.05, 3.63) is 72.9 Å². The van der Waals surface area contributed by atoms with Crippen LogP contribution in [0.15, 0.2) is 72.9 Å². The number of allylic oxidation sites excluding steroid dienone is 12. The summed E-state index contributed by atoms with van der Waals surface area (Å²) in [6.07, 6.45) is 64.1. The smallest absolute Gasteiger partial charge is 0.306 e. The molecule has 62 heavy (non-hydrogen) atoms. The molecule has 0 N–H and O–H groups in total. The van der Waals surface area contributed by atoms with Crippen molar-refractivity contribution in [2.75, 3.05) is 13.2 Å². The van der Waals surface area contributed by atoms with E-state index in [1.165, 1.54) is 103 Å². The minimum Gasteiger partial charge on any atom is -0.462 e. The van der Waals surface area contributed by atoms with Crippen LogP contribution in [0.5, 0.6) is 0 Å². The third kappa shape index (κ3) is 47.9. The van der Waals surface area contributed by atoms with E-state index in [4.69, 9.17) is 14.2 Å². The Labute approximate surface area is 382 Å². The molecule has 356 valence electrons. The third-order valence-electron chi connectivity index (χ3n) is 11.0. The molecule has 1 atom stereocenters. The lowest BCUT2D eigenvalue weighted by atomic mass is 10.0. The predicted octanol–water partition coefficient (Wildman–Crippen LogP) is 17.0. The maximum absolute atomic E-state index is 12.5. The highest BCUT2D eigenvalue weighted by atomic mass is 16.6. The summed E-state index contributed by atoms with van der Waals surface area (Å²) in [5.74, 6) is -0.898. The van der Waals surface area contributed by atoms with Gasteiger partial charge < -0.3 is 14.2 Å². The standard InChI is InChI=1S/C56H96O6/c1-4-7-10-13-15-16-17-18-19-20-21-22-23-24-25-26-27-28-29-30-31-32-33-34-35-36-37-38-39-40-41-44-46-49-55(58)61-52-53(51-60-54(57)48-45-42-12-9-6-3)62-56(59)50-47-43-14-11-8-5-2/h7,10,15-16,18-19,21-22,24-25,27-28,53H,4-6,8-9,11-14,17,20,23,26,29-52H2,1-3H3/b10-7-,16-15-,19-18-,22-21-,25-24-,28-27-.